The number of nitrogens with one attached hydrogen (secondary N) is 1. The summed E-state index contributed by atoms with van der Waals surface area (Å²) in [5, 5.41) is 12.4. The molecule has 0 heterocycles. The van der Waals surface area contributed by atoms with Crippen molar-refractivity contribution >= 4 is 17.6 Å². The van der Waals surface area contributed by atoms with Gasteiger partial charge in [0.15, 0.2) is 0 Å². The first-order valence-electron chi connectivity index (χ1n) is 9.47. The summed E-state index contributed by atoms with van der Waals surface area (Å²) in [5.74, 6) is -0.282. The molecule has 0 aliphatic heterocycles. The van der Waals surface area contributed by atoms with Crippen LogP contribution in [0.4, 0.5) is 0 Å². The average Bonchev–Trinajstić information content (AvgIpc) is 2.72. The molecule has 1 atom stereocenters. The van der Waals surface area contributed by atoms with Crippen LogP contribution < -0.4 is 10.1 Å². The van der Waals surface area contributed by atoms with Crippen LogP contribution >= 0.6 is 11.6 Å². The monoisotopic (exact) mass is 409 g/mol. The molecule has 29 heavy (non-hydrogen) atoms. The summed E-state index contributed by atoms with van der Waals surface area (Å²) in [7, 11) is 0. The lowest BCUT2D eigenvalue weighted by Gasteiger charge is -2.14. The topological polar surface area (TPSA) is 58.6 Å². The van der Waals surface area contributed by atoms with E-state index in [-0.39, 0.29) is 0 Å². The zero-order valence-corrected chi connectivity index (χ0v) is 17.2. The van der Waals surface area contributed by atoms with Gasteiger partial charge in [-0.3, -0.25) is 4.79 Å². The van der Waals surface area contributed by atoms with Crippen molar-refractivity contribution in [3.8, 4) is 16.9 Å². The normalized spacial score (nSPS) is 11.8. The van der Waals surface area contributed by atoms with Gasteiger partial charge in [-0.05, 0) is 53.8 Å². The second kappa shape index (κ2) is 9.59. The predicted octanol–water partition coefficient (Wildman–Crippen LogP) is 5.46. The highest BCUT2D eigenvalue weighted by Gasteiger charge is 2.11. The van der Waals surface area contributed by atoms with Crippen LogP contribution in [0.25, 0.3) is 11.1 Å². The van der Waals surface area contributed by atoms with Gasteiger partial charge >= 0.3 is 5.97 Å². The van der Waals surface area contributed by atoms with Crippen molar-refractivity contribution in [2.75, 3.05) is 0 Å². The van der Waals surface area contributed by atoms with Crippen LogP contribution in [0, 0.1) is 6.92 Å². The minimum Gasteiger partial charge on any atom is -0.487 e. The van der Waals surface area contributed by atoms with Crippen LogP contribution in [0.3, 0.4) is 0 Å². The van der Waals surface area contributed by atoms with E-state index in [0.717, 1.165) is 11.1 Å². The molecule has 3 aromatic carbocycles. The molecule has 0 fully saturated rings. The molecular formula is C24H24ClNO3. The Morgan fingerprint density at radius 2 is 1.86 bits per heavy atom. The number of halogens is 1. The maximum Gasteiger partial charge on any atom is 0.320 e. The molecule has 0 saturated carbocycles. The van der Waals surface area contributed by atoms with Gasteiger partial charge in [-0.15, -0.1) is 0 Å². The molecule has 0 saturated heterocycles. The fourth-order valence-electron chi connectivity index (χ4n) is 3.06. The quantitative estimate of drug-likeness (QED) is 0.518. The van der Waals surface area contributed by atoms with Crippen LogP contribution in [-0.2, 0) is 17.9 Å². The van der Waals surface area contributed by atoms with Crippen molar-refractivity contribution in [1.29, 1.82) is 0 Å². The Morgan fingerprint density at radius 3 is 2.55 bits per heavy atom. The third-order valence-electron chi connectivity index (χ3n) is 4.89. The third kappa shape index (κ3) is 5.37. The second-order valence-electron chi connectivity index (χ2n) is 6.95. The summed E-state index contributed by atoms with van der Waals surface area (Å²) in [6.07, 6.45) is 0. The number of carboxylic acids is 1. The first-order valence-corrected chi connectivity index (χ1v) is 9.85. The average molecular weight is 410 g/mol. The molecular weight excluding hydrogens is 386 g/mol. The molecule has 2 N–H and O–H groups in total. The Hall–Kier alpha value is -2.82. The number of carboxylic acid groups (broad SMARTS) is 1. The summed E-state index contributed by atoms with van der Waals surface area (Å²) in [5.41, 5.74) is 5.54. The van der Waals surface area contributed by atoms with E-state index in [2.05, 4.69) is 36.5 Å². The van der Waals surface area contributed by atoms with Gasteiger partial charge in [0.05, 0.1) is 5.02 Å². The fraction of sp³-hybridized carbons (Fsp3) is 0.208. The molecule has 3 aromatic rings. The molecule has 0 aliphatic rings. The van der Waals surface area contributed by atoms with Gasteiger partial charge < -0.3 is 15.2 Å². The summed E-state index contributed by atoms with van der Waals surface area (Å²) in [4.78, 5) is 10.9. The maximum absolute atomic E-state index is 10.9. The van der Waals surface area contributed by atoms with Crippen LogP contribution in [0.5, 0.6) is 5.75 Å². The van der Waals surface area contributed by atoms with E-state index >= 15 is 0 Å². The van der Waals surface area contributed by atoms with Crippen molar-refractivity contribution in [2.24, 2.45) is 0 Å². The van der Waals surface area contributed by atoms with Crippen molar-refractivity contribution in [3.63, 3.8) is 0 Å². The molecule has 0 aliphatic carbocycles. The Kier molecular flexibility index (Phi) is 6.91. The molecule has 5 heteroatoms. The Labute approximate surface area is 176 Å². The first kappa shape index (κ1) is 20.9. The van der Waals surface area contributed by atoms with Gasteiger partial charge in [-0.1, -0.05) is 66.2 Å². The van der Waals surface area contributed by atoms with E-state index in [1.165, 1.54) is 16.7 Å². The summed E-state index contributed by atoms with van der Waals surface area (Å²) in [6.45, 7) is 4.54. The zero-order valence-electron chi connectivity index (χ0n) is 16.5. The van der Waals surface area contributed by atoms with E-state index < -0.39 is 12.0 Å². The van der Waals surface area contributed by atoms with Crippen LogP contribution in [-0.4, -0.2) is 17.1 Å². The molecule has 0 aromatic heterocycles. The van der Waals surface area contributed by atoms with Crippen molar-refractivity contribution in [1.82, 2.24) is 5.32 Å². The van der Waals surface area contributed by atoms with Crippen molar-refractivity contribution in [2.45, 2.75) is 33.0 Å². The van der Waals surface area contributed by atoms with Crippen LogP contribution in [0.2, 0.25) is 5.02 Å². The molecule has 0 bridgehead atoms. The largest absolute Gasteiger partial charge is 0.487 e. The SMILES string of the molecule is Cc1c(COc2ccc(CN[C@@H](C)C(=O)O)cc2Cl)cccc1-c1ccccc1. The minimum atomic E-state index is -0.885. The molecule has 4 nitrogen and oxygen atoms in total. The van der Waals surface area contributed by atoms with Crippen molar-refractivity contribution < 1.29 is 14.6 Å². The molecule has 150 valence electrons. The van der Waals surface area contributed by atoms with Gasteiger partial charge in [0.1, 0.15) is 18.4 Å². The molecule has 0 radical (unpaired) electrons. The van der Waals surface area contributed by atoms with Crippen LogP contribution in [0.1, 0.15) is 23.6 Å². The number of ether oxygens (including phenoxy) is 1. The van der Waals surface area contributed by atoms with Crippen molar-refractivity contribution in [3.05, 3.63) is 88.4 Å². The number of hydrogen-bond acceptors (Lipinski definition) is 3. The van der Waals surface area contributed by atoms with Gasteiger partial charge in [0.25, 0.3) is 0 Å². The number of carbonyl (C=O) groups is 1. The minimum absolute atomic E-state index is 0.417. The van der Waals surface area contributed by atoms with E-state index in [0.29, 0.717) is 23.9 Å². The van der Waals surface area contributed by atoms with Gasteiger partial charge in [-0.2, -0.15) is 0 Å². The lowest BCUT2D eigenvalue weighted by Crippen LogP contribution is -2.33. The zero-order chi connectivity index (χ0) is 20.8. The highest BCUT2D eigenvalue weighted by atomic mass is 35.5. The Morgan fingerprint density at radius 1 is 1.10 bits per heavy atom. The highest BCUT2D eigenvalue weighted by Crippen LogP contribution is 2.29. The summed E-state index contributed by atoms with van der Waals surface area (Å²) >= 11 is 6.37. The number of benzene rings is 3. The summed E-state index contributed by atoms with van der Waals surface area (Å²) < 4.78 is 5.97. The van der Waals surface area contributed by atoms with Gasteiger partial charge in [0.2, 0.25) is 0 Å². The molecule has 0 amide bonds. The van der Waals surface area contributed by atoms with Crippen LogP contribution in [0.15, 0.2) is 66.7 Å². The Bertz CT molecular complexity index is 989. The molecule has 0 unspecified atom stereocenters. The standard InChI is InChI=1S/C24H24ClNO3/c1-16-20(9-6-10-21(16)19-7-4-3-5-8-19)15-29-23-12-11-18(13-22(23)25)14-26-17(2)24(27)28/h3-13,17,26H,14-15H2,1-2H3,(H,27,28)/t17-/m0/s1. The van der Waals surface area contributed by atoms with E-state index in [9.17, 15) is 4.79 Å². The lowest BCUT2D eigenvalue weighted by atomic mass is 9.97. The predicted molar refractivity (Wildman–Crippen MR) is 116 cm³/mol. The van der Waals surface area contributed by atoms with Gasteiger partial charge in [0, 0.05) is 6.54 Å². The number of rotatable bonds is 8. The number of hydrogen-bond donors (Lipinski definition) is 2. The first-order chi connectivity index (χ1) is 14.0. The molecule has 3 rings (SSSR count). The van der Waals surface area contributed by atoms with E-state index in [1.807, 2.05) is 36.4 Å². The molecule has 0 spiro atoms. The fourth-order valence-corrected chi connectivity index (χ4v) is 3.31. The highest BCUT2D eigenvalue weighted by molar-refractivity contribution is 6.32. The number of aliphatic carboxylic acids is 1. The summed E-state index contributed by atoms with van der Waals surface area (Å²) in [6, 6.07) is 21.4. The second-order valence-corrected chi connectivity index (χ2v) is 7.36. The van der Waals surface area contributed by atoms with E-state index in [4.69, 9.17) is 21.4 Å². The lowest BCUT2D eigenvalue weighted by molar-refractivity contribution is -0.139. The smallest absolute Gasteiger partial charge is 0.320 e. The Balaban J connectivity index is 1.68. The van der Waals surface area contributed by atoms with E-state index in [1.54, 1.807) is 13.0 Å². The van der Waals surface area contributed by atoms with Gasteiger partial charge in [-0.25, -0.2) is 0 Å². The maximum atomic E-state index is 10.9. The third-order valence-corrected chi connectivity index (χ3v) is 5.19.